The second-order valence-corrected chi connectivity index (χ2v) is 9.30. The van der Waals surface area contributed by atoms with Crippen LogP contribution < -0.4 is 11.0 Å². The molecule has 1 aromatic heterocycles. The second kappa shape index (κ2) is 6.50. The van der Waals surface area contributed by atoms with Crippen LogP contribution in [0.25, 0.3) is 0 Å². The van der Waals surface area contributed by atoms with Crippen molar-refractivity contribution in [3.05, 3.63) is 27.4 Å². The van der Waals surface area contributed by atoms with Gasteiger partial charge in [-0.25, -0.2) is 4.79 Å². The van der Waals surface area contributed by atoms with Crippen molar-refractivity contribution in [2.75, 3.05) is 0 Å². The Labute approximate surface area is 155 Å². The average molecular weight is 357 g/mol. The molecule has 0 aromatic carbocycles. The zero-order valence-corrected chi connectivity index (χ0v) is 16.2. The van der Waals surface area contributed by atoms with Gasteiger partial charge in [-0.1, -0.05) is 0 Å². The first-order valence-corrected chi connectivity index (χ1v) is 10.2. The van der Waals surface area contributed by atoms with Crippen LogP contribution in [-0.2, 0) is 11.2 Å². The van der Waals surface area contributed by atoms with E-state index in [0.29, 0.717) is 18.3 Å². The summed E-state index contributed by atoms with van der Waals surface area (Å²) in [7, 11) is 0. The molecule has 1 atom stereocenters. The normalized spacial score (nSPS) is 33.3. The predicted molar refractivity (Wildman–Crippen MR) is 101 cm³/mol. The molecule has 4 aliphatic rings. The fourth-order valence-electron chi connectivity index (χ4n) is 6.54. The number of aromatic nitrogens is 2. The van der Waals surface area contributed by atoms with Gasteiger partial charge in [0.05, 0.1) is 0 Å². The molecule has 5 nitrogen and oxygen atoms in total. The first-order chi connectivity index (χ1) is 12.3. The molecule has 142 valence electrons. The number of rotatable bonds is 5. The number of nitrogens with one attached hydrogen (secondary N) is 2. The maximum atomic E-state index is 12.6. The van der Waals surface area contributed by atoms with Crippen molar-refractivity contribution in [2.45, 2.75) is 78.2 Å². The number of amides is 1. The smallest absolute Gasteiger partial charge is 0.345 e. The van der Waals surface area contributed by atoms with Gasteiger partial charge >= 0.3 is 5.69 Å². The molecule has 26 heavy (non-hydrogen) atoms. The molecule has 4 saturated carbocycles. The van der Waals surface area contributed by atoms with Crippen molar-refractivity contribution in [1.82, 2.24) is 15.3 Å². The van der Waals surface area contributed by atoms with Crippen molar-refractivity contribution < 1.29 is 4.79 Å². The number of nitrogens with zero attached hydrogens (tertiary/aromatic N) is 1. The number of carbonyl (C=O) groups excluding carboxylic acids is 1. The predicted octanol–water partition coefficient (Wildman–Crippen LogP) is 3.04. The van der Waals surface area contributed by atoms with Crippen LogP contribution in [0.15, 0.2) is 4.79 Å². The van der Waals surface area contributed by atoms with E-state index in [4.69, 9.17) is 0 Å². The first-order valence-electron chi connectivity index (χ1n) is 10.2. The SMILES string of the molecule is Cc1nc(=O)[nH]c(C)c1CCC(=O)N[C@H](C)C12CC3CC(CC(C3)C1)C2. The fourth-order valence-corrected chi connectivity index (χ4v) is 6.54. The maximum Gasteiger partial charge on any atom is 0.345 e. The number of hydrogen-bond donors (Lipinski definition) is 2. The van der Waals surface area contributed by atoms with E-state index in [-0.39, 0.29) is 17.6 Å². The molecule has 1 heterocycles. The number of hydrogen-bond acceptors (Lipinski definition) is 3. The Balaban J connectivity index is 1.37. The summed E-state index contributed by atoms with van der Waals surface area (Å²) in [6, 6.07) is 0.263. The third kappa shape index (κ3) is 3.21. The molecule has 4 fully saturated rings. The van der Waals surface area contributed by atoms with Gasteiger partial charge in [0.15, 0.2) is 0 Å². The minimum Gasteiger partial charge on any atom is -0.353 e. The molecule has 0 aliphatic heterocycles. The summed E-state index contributed by atoms with van der Waals surface area (Å²) in [6.45, 7) is 5.94. The molecular formula is C21H31N3O2. The van der Waals surface area contributed by atoms with Crippen molar-refractivity contribution in [1.29, 1.82) is 0 Å². The molecule has 0 unspecified atom stereocenters. The molecular weight excluding hydrogens is 326 g/mol. The van der Waals surface area contributed by atoms with Crippen LogP contribution in [0.4, 0.5) is 0 Å². The Bertz CT molecular complexity index is 705. The highest BCUT2D eigenvalue weighted by Crippen LogP contribution is 2.61. The lowest BCUT2D eigenvalue weighted by Gasteiger charge is -2.59. The summed E-state index contributed by atoms with van der Waals surface area (Å²) in [5.41, 5.74) is 2.57. The van der Waals surface area contributed by atoms with E-state index >= 15 is 0 Å². The fraction of sp³-hybridized carbons (Fsp3) is 0.762. The third-order valence-corrected chi connectivity index (χ3v) is 7.44. The Hall–Kier alpha value is -1.65. The highest BCUT2D eigenvalue weighted by atomic mass is 16.1. The van der Waals surface area contributed by atoms with Gasteiger partial charge in [-0.15, -0.1) is 0 Å². The third-order valence-electron chi connectivity index (χ3n) is 7.44. The summed E-state index contributed by atoms with van der Waals surface area (Å²) in [5.74, 6) is 2.83. The van der Waals surface area contributed by atoms with E-state index in [2.05, 4.69) is 22.2 Å². The van der Waals surface area contributed by atoms with Crippen LogP contribution >= 0.6 is 0 Å². The molecule has 2 N–H and O–H groups in total. The van der Waals surface area contributed by atoms with Crippen LogP contribution in [0.2, 0.25) is 0 Å². The van der Waals surface area contributed by atoms with E-state index in [1.807, 2.05) is 13.8 Å². The van der Waals surface area contributed by atoms with Crippen LogP contribution in [0.3, 0.4) is 0 Å². The lowest BCUT2D eigenvalue weighted by Crippen LogP contribution is -2.55. The summed E-state index contributed by atoms with van der Waals surface area (Å²) in [5, 5.41) is 3.33. The minimum absolute atomic E-state index is 0.123. The Morgan fingerprint density at radius 1 is 1.19 bits per heavy atom. The van der Waals surface area contributed by atoms with Crippen molar-refractivity contribution in [3.63, 3.8) is 0 Å². The molecule has 0 spiro atoms. The van der Waals surface area contributed by atoms with Gasteiger partial charge in [-0.05, 0) is 94.4 Å². The monoisotopic (exact) mass is 357 g/mol. The molecule has 5 heteroatoms. The quantitative estimate of drug-likeness (QED) is 0.850. The van der Waals surface area contributed by atoms with E-state index in [1.165, 1.54) is 38.5 Å². The lowest BCUT2D eigenvalue weighted by molar-refractivity contribution is -0.125. The first kappa shape index (κ1) is 17.7. The van der Waals surface area contributed by atoms with Crippen LogP contribution in [0, 0.1) is 37.0 Å². The molecule has 0 saturated heterocycles. The molecule has 0 radical (unpaired) electrons. The zero-order valence-electron chi connectivity index (χ0n) is 16.2. The number of H-pyrrole nitrogens is 1. The number of aromatic amines is 1. The Morgan fingerprint density at radius 2 is 1.77 bits per heavy atom. The van der Waals surface area contributed by atoms with Crippen LogP contribution in [0.5, 0.6) is 0 Å². The second-order valence-electron chi connectivity index (χ2n) is 9.30. The van der Waals surface area contributed by atoms with Crippen molar-refractivity contribution >= 4 is 5.91 Å². The number of carbonyl (C=O) groups is 1. The van der Waals surface area contributed by atoms with E-state index in [0.717, 1.165) is 34.7 Å². The largest absolute Gasteiger partial charge is 0.353 e. The van der Waals surface area contributed by atoms with Gasteiger partial charge in [0.25, 0.3) is 0 Å². The molecule has 4 aliphatic carbocycles. The highest BCUT2D eigenvalue weighted by molar-refractivity contribution is 5.76. The van der Waals surface area contributed by atoms with Gasteiger partial charge in [0.2, 0.25) is 5.91 Å². The minimum atomic E-state index is -0.316. The standard InChI is InChI=1S/C21H31N3O2/c1-12-18(13(2)23-20(26)22-12)4-5-19(25)24-14(3)21-9-15-6-16(10-21)8-17(7-15)11-21/h14-17H,4-11H2,1-3H3,(H,24,25)(H,22,23,26)/t14-,15?,16?,17?,21?/m1/s1. The van der Waals surface area contributed by atoms with Gasteiger partial charge in [0.1, 0.15) is 0 Å². The maximum absolute atomic E-state index is 12.6. The van der Waals surface area contributed by atoms with E-state index in [9.17, 15) is 9.59 Å². The Morgan fingerprint density at radius 3 is 2.31 bits per heavy atom. The van der Waals surface area contributed by atoms with Crippen LogP contribution in [0.1, 0.15) is 68.8 Å². The summed E-state index contributed by atoms with van der Waals surface area (Å²) >= 11 is 0. The van der Waals surface area contributed by atoms with Crippen molar-refractivity contribution in [2.24, 2.45) is 23.2 Å². The summed E-state index contributed by atoms with van der Waals surface area (Å²) in [6.07, 6.45) is 9.29. The molecule has 5 rings (SSSR count). The average Bonchev–Trinajstić information content (AvgIpc) is 2.52. The molecule has 4 bridgehead atoms. The van der Waals surface area contributed by atoms with Crippen LogP contribution in [-0.4, -0.2) is 21.9 Å². The molecule has 1 aromatic rings. The van der Waals surface area contributed by atoms with Gasteiger partial charge in [0, 0.05) is 23.9 Å². The number of aryl methyl sites for hydroxylation is 2. The van der Waals surface area contributed by atoms with Gasteiger partial charge in [-0.3, -0.25) is 4.79 Å². The Kier molecular flexibility index (Phi) is 4.44. The topological polar surface area (TPSA) is 74.8 Å². The van der Waals surface area contributed by atoms with E-state index in [1.54, 1.807) is 0 Å². The molecule has 1 amide bonds. The zero-order chi connectivity index (χ0) is 18.5. The highest BCUT2D eigenvalue weighted by Gasteiger charge is 2.53. The van der Waals surface area contributed by atoms with E-state index < -0.39 is 0 Å². The summed E-state index contributed by atoms with van der Waals surface area (Å²) < 4.78 is 0. The van der Waals surface area contributed by atoms with Crippen molar-refractivity contribution in [3.8, 4) is 0 Å². The lowest BCUT2D eigenvalue weighted by atomic mass is 9.48. The van der Waals surface area contributed by atoms with Gasteiger partial charge < -0.3 is 10.3 Å². The summed E-state index contributed by atoms with van der Waals surface area (Å²) in [4.78, 5) is 30.7. The van der Waals surface area contributed by atoms with Gasteiger partial charge in [-0.2, -0.15) is 4.98 Å².